The summed E-state index contributed by atoms with van der Waals surface area (Å²) in [6.07, 6.45) is 0. The van der Waals surface area contributed by atoms with Gasteiger partial charge in [0.15, 0.2) is 10.6 Å². The first kappa shape index (κ1) is 18.1. The number of aryl methyl sites for hydroxylation is 1. The van der Waals surface area contributed by atoms with E-state index in [-0.39, 0.29) is 18.4 Å². The average Bonchev–Trinajstić information content (AvgIpc) is 3.01. The summed E-state index contributed by atoms with van der Waals surface area (Å²) in [5.74, 6) is 0.828. The molecule has 5 nitrogen and oxygen atoms in total. The lowest BCUT2D eigenvalue weighted by Gasteiger charge is -2.14. The van der Waals surface area contributed by atoms with Gasteiger partial charge in [-0.05, 0) is 30.6 Å². The normalized spacial score (nSPS) is 11.9. The Balaban J connectivity index is 1.67. The molecule has 26 heavy (non-hydrogen) atoms. The van der Waals surface area contributed by atoms with Crippen molar-refractivity contribution in [3.05, 3.63) is 70.5 Å². The second kappa shape index (κ2) is 8.10. The van der Waals surface area contributed by atoms with Crippen LogP contribution < -0.4 is 5.32 Å². The van der Waals surface area contributed by atoms with E-state index in [0.717, 1.165) is 5.56 Å². The zero-order valence-electron chi connectivity index (χ0n) is 14.9. The third kappa shape index (κ3) is 4.26. The Bertz CT molecular complexity index is 928. The molecule has 0 saturated carbocycles. The minimum Gasteiger partial charge on any atom is -0.354 e. The molecule has 3 aromatic rings. The van der Waals surface area contributed by atoms with Crippen molar-refractivity contribution in [1.29, 1.82) is 0 Å². The molecule has 0 fully saturated rings. The number of hydrogen-bond acceptors (Lipinski definition) is 3. The molecule has 2 aromatic carbocycles. The number of aromatic nitrogens is 3. The molecule has 0 aliphatic rings. The summed E-state index contributed by atoms with van der Waals surface area (Å²) in [5.41, 5.74) is 3.29. The minimum atomic E-state index is -0.0846. The fourth-order valence-corrected chi connectivity index (χ4v) is 2.95. The van der Waals surface area contributed by atoms with Gasteiger partial charge in [-0.1, -0.05) is 67.1 Å². The fourth-order valence-electron chi connectivity index (χ4n) is 2.75. The summed E-state index contributed by atoms with van der Waals surface area (Å²) >= 11 is 5.29. The highest BCUT2D eigenvalue weighted by molar-refractivity contribution is 7.71. The number of nitrogens with zero attached hydrogens (tertiary/aromatic N) is 2. The molecular formula is C20H22N4OS. The summed E-state index contributed by atoms with van der Waals surface area (Å²) < 4.78 is 2.16. The summed E-state index contributed by atoms with van der Waals surface area (Å²) in [6.45, 7) is 4.84. The van der Waals surface area contributed by atoms with E-state index in [2.05, 4.69) is 34.6 Å². The number of H-pyrrole nitrogens is 1. The van der Waals surface area contributed by atoms with Crippen LogP contribution in [0.15, 0.2) is 54.6 Å². The maximum atomic E-state index is 12.4. The predicted molar refractivity (Wildman–Crippen MR) is 105 cm³/mol. The molecule has 0 aliphatic heterocycles. The van der Waals surface area contributed by atoms with Gasteiger partial charge in [-0.25, -0.2) is 0 Å². The van der Waals surface area contributed by atoms with Crippen LogP contribution in [0.5, 0.6) is 0 Å². The van der Waals surface area contributed by atoms with Gasteiger partial charge in [0, 0.05) is 12.1 Å². The molecule has 1 aromatic heterocycles. The average molecular weight is 366 g/mol. The largest absolute Gasteiger partial charge is 0.354 e. The molecule has 0 aliphatic carbocycles. The zero-order valence-corrected chi connectivity index (χ0v) is 15.7. The lowest BCUT2D eigenvalue weighted by molar-refractivity contribution is -0.121. The molecule has 1 atom stereocenters. The van der Waals surface area contributed by atoms with Gasteiger partial charge in [-0.2, -0.15) is 5.10 Å². The number of nitrogens with one attached hydrogen (secondary N) is 2. The number of rotatable bonds is 6. The molecule has 1 unspecified atom stereocenters. The molecule has 6 heteroatoms. The van der Waals surface area contributed by atoms with Gasteiger partial charge in [0.2, 0.25) is 5.91 Å². The number of amides is 1. The Morgan fingerprint density at radius 2 is 1.88 bits per heavy atom. The molecule has 134 valence electrons. The van der Waals surface area contributed by atoms with Crippen LogP contribution >= 0.6 is 12.2 Å². The van der Waals surface area contributed by atoms with Crippen molar-refractivity contribution in [2.75, 3.05) is 6.54 Å². The molecule has 1 amide bonds. The molecule has 3 rings (SSSR count). The van der Waals surface area contributed by atoms with Gasteiger partial charge in [0.05, 0.1) is 0 Å². The Morgan fingerprint density at radius 3 is 2.58 bits per heavy atom. The third-order valence-electron chi connectivity index (χ3n) is 4.34. The molecule has 0 saturated heterocycles. The van der Waals surface area contributed by atoms with Crippen molar-refractivity contribution in [2.45, 2.75) is 26.3 Å². The molecule has 1 heterocycles. The smallest absolute Gasteiger partial charge is 0.240 e. The van der Waals surface area contributed by atoms with E-state index in [4.69, 9.17) is 12.2 Å². The molecule has 2 N–H and O–H groups in total. The first-order valence-electron chi connectivity index (χ1n) is 8.58. The van der Waals surface area contributed by atoms with Crippen LogP contribution in [-0.4, -0.2) is 27.2 Å². The second-order valence-corrected chi connectivity index (χ2v) is 6.81. The summed E-state index contributed by atoms with van der Waals surface area (Å²) in [5, 5.41) is 10.0. The van der Waals surface area contributed by atoms with Crippen molar-refractivity contribution < 1.29 is 4.79 Å². The quantitative estimate of drug-likeness (QED) is 0.652. The fraction of sp³-hybridized carbons (Fsp3) is 0.250. The van der Waals surface area contributed by atoms with Crippen molar-refractivity contribution in [2.24, 2.45) is 0 Å². The van der Waals surface area contributed by atoms with Gasteiger partial charge < -0.3 is 5.32 Å². The predicted octanol–water partition coefficient (Wildman–Crippen LogP) is 3.84. The van der Waals surface area contributed by atoms with Crippen molar-refractivity contribution in [1.82, 2.24) is 20.1 Å². The number of carbonyl (C=O) groups excluding carboxylic acids is 1. The highest BCUT2D eigenvalue weighted by atomic mass is 32.1. The van der Waals surface area contributed by atoms with E-state index >= 15 is 0 Å². The maximum Gasteiger partial charge on any atom is 0.240 e. The Morgan fingerprint density at radius 1 is 1.19 bits per heavy atom. The number of hydrogen-bond donors (Lipinski definition) is 2. The lowest BCUT2D eigenvalue weighted by Crippen LogP contribution is -2.31. The topological polar surface area (TPSA) is 62.7 Å². The first-order chi connectivity index (χ1) is 12.5. The first-order valence-corrected chi connectivity index (χ1v) is 8.99. The third-order valence-corrected chi connectivity index (χ3v) is 4.66. The monoisotopic (exact) mass is 366 g/mol. The number of carbonyl (C=O) groups is 1. The summed E-state index contributed by atoms with van der Waals surface area (Å²) in [7, 11) is 0. The van der Waals surface area contributed by atoms with Gasteiger partial charge in [0.1, 0.15) is 6.54 Å². The highest BCUT2D eigenvalue weighted by Crippen LogP contribution is 2.18. The van der Waals surface area contributed by atoms with Crippen LogP contribution in [0.2, 0.25) is 0 Å². The van der Waals surface area contributed by atoms with Gasteiger partial charge in [-0.15, -0.1) is 0 Å². The minimum absolute atomic E-state index is 0.0846. The summed E-state index contributed by atoms with van der Waals surface area (Å²) in [4.78, 5) is 12.4. The standard InChI is InChI=1S/C20H22N4OS/c1-14-8-10-17(11-9-14)19-22-23-20(26)24(19)13-18(25)21-12-15(2)16-6-4-3-5-7-16/h3-11,15H,12-13H2,1-2H3,(H,21,25)(H,23,26). The van der Waals surface area contributed by atoms with Gasteiger partial charge >= 0.3 is 0 Å². The van der Waals surface area contributed by atoms with E-state index in [1.165, 1.54) is 11.1 Å². The van der Waals surface area contributed by atoms with E-state index in [1.807, 2.05) is 49.4 Å². The molecule has 0 radical (unpaired) electrons. The van der Waals surface area contributed by atoms with E-state index in [0.29, 0.717) is 17.1 Å². The Labute approximate surface area is 158 Å². The number of aromatic amines is 1. The highest BCUT2D eigenvalue weighted by Gasteiger charge is 2.13. The van der Waals surface area contributed by atoms with Gasteiger partial charge in [0.25, 0.3) is 0 Å². The molecule has 0 bridgehead atoms. The van der Waals surface area contributed by atoms with E-state index in [1.54, 1.807) is 4.57 Å². The maximum absolute atomic E-state index is 12.4. The lowest BCUT2D eigenvalue weighted by atomic mass is 10.0. The Hall–Kier alpha value is -2.73. The number of benzene rings is 2. The van der Waals surface area contributed by atoms with Crippen LogP contribution in [0.3, 0.4) is 0 Å². The van der Waals surface area contributed by atoms with Crippen LogP contribution in [-0.2, 0) is 11.3 Å². The van der Waals surface area contributed by atoms with Crippen molar-refractivity contribution in [3.8, 4) is 11.4 Å². The zero-order chi connectivity index (χ0) is 18.5. The van der Waals surface area contributed by atoms with Crippen LogP contribution in [0.25, 0.3) is 11.4 Å². The van der Waals surface area contributed by atoms with Gasteiger partial charge in [-0.3, -0.25) is 14.5 Å². The van der Waals surface area contributed by atoms with Crippen LogP contribution in [0, 0.1) is 11.7 Å². The van der Waals surface area contributed by atoms with Crippen molar-refractivity contribution in [3.63, 3.8) is 0 Å². The molecule has 0 spiro atoms. The van der Waals surface area contributed by atoms with Crippen LogP contribution in [0.1, 0.15) is 24.0 Å². The SMILES string of the molecule is Cc1ccc(-c2n[nH]c(=S)n2CC(=O)NCC(C)c2ccccc2)cc1. The second-order valence-electron chi connectivity index (χ2n) is 6.42. The van der Waals surface area contributed by atoms with E-state index in [9.17, 15) is 4.79 Å². The van der Waals surface area contributed by atoms with Crippen LogP contribution in [0.4, 0.5) is 0 Å². The molecular weight excluding hydrogens is 344 g/mol. The van der Waals surface area contributed by atoms with E-state index < -0.39 is 0 Å². The Kier molecular flexibility index (Phi) is 5.63. The van der Waals surface area contributed by atoms with Crippen molar-refractivity contribution >= 4 is 18.1 Å². The summed E-state index contributed by atoms with van der Waals surface area (Å²) in [6, 6.07) is 18.1.